The zero-order chi connectivity index (χ0) is 20.5. The molecule has 1 heterocycles. The van der Waals surface area contributed by atoms with Crippen molar-refractivity contribution in [1.29, 1.82) is 0 Å². The molecule has 2 N–H and O–H groups in total. The average molecular weight is 393 g/mol. The summed E-state index contributed by atoms with van der Waals surface area (Å²) in [7, 11) is -1.30. The Kier molecular flexibility index (Phi) is 8.12. The number of carbonyl (C=O) groups excluding carboxylic acids is 3. The van der Waals surface area contributed by atoms with Gasteiger partial charge in [-0.1, -0.05) is 32.4 Å². The molecule has 1 aromatic rings. The molecular weight excluding hydrogens is 369 g/mol. The molecule has 0 aliphatic carbocycles. The van der Waals surface area contributed by atoms with E-state index in [1.165, 1.54) is 6.07 Å². The van der Waals surface area contributed by atoms with Gasteiger partial charge in [-0.25, -0.2) is 9.59 Å². The third kappa shape index (κ3) is 5.88. The maximum atomic E-state index is 12.3. The number of rotatable bonds is 8. The minimum atomic E-state index is -1.30. The van der Waals surface area contributed by atoms with Crippen molar-refractivity contribution in [2.24, 2.45) is 0 Å². The Morgan fingerprint density at radius 1 is 1.25 bits per heavy atom. The number of nitrogens with one attached hydrogen (secondary N) is 1. The lowest BCUT2D eigenvalue weighted by Gasteiger charge is -2.29. The van der Waals surface area contributed by atoms with Gasteiger partial charge in [0.05, 0.1) is 12.5 Å². The van der Waals surface area contributed by atoms with Crippen LogP contribution in [0.3, 0.4) is 0 Å². The summed E-state index contributed by atoms with van der Waals surface area (Å²) in [6.45, 7) is 3.28. The van der Waals surface area contributed by atoms with Crippen molar-refractivity contribution in [3.63, 3.8) is 0 Å². The molecule has 0 aromatic heterocycles. The van der Waals surface area contributed by atoms with Crippen LogP contribution in [-0.4, -0.2) is 49.5 Å². The lowest BCUT2D eigenvalue weighted by atomic mass is 9.72. The van der Waals surface area contributed by atoms with Gasteiger partial charge in [-0.2, -0.15) is 0 Å². The van der Waals surface area contributed by atoms with Crippen LogP contribution in [-0.2, 0) is 25.4 Å². The fourth-order valence-electron chi connectivity index (χ4n) is 2.57. The van der Waals surface area contributed by atoms with Gasteiger partial charge < -0.3 is 29.2 Å². The molecular formula is C18H24BNO8. The lowest BCUT2D eigenvalue weighted by Crippen LogP contribution is -2.53. The Labute approximate surface area is 163 Å². The smallest absolute Gasteiger partial charge is 0.534 e. The number of hydrogen-bond acceptors (Lipinski definition) is 8. The summed E-state index contributed by atoms with van der Waals surface area (Å²) >= 11 is 0. The molecule has 0 radical (unpaired) electrons. The Balaban J connectivity index is 1.95. The van der Waals surface area contributed by atoms with Gasteiger partial charge in [0.15, 0.2) is 0 Å². The number of esters is 1. The number of para-hydroxylation sites is 1. The van der Waals surface area contributed by atoms with Crippen molar-refractivity contribution in [2.75, 3.05) is 13.4 Å². The number of ether oxygens (including phenoxy) is 3. The van der Waals surface area contributed by atoms with Gasteiger partial charge in [0.25, 0.3) is 0 Å². The predicted molar refractivity (Wildman–Crippen MR) is 98.6 cm³/mol. The highest BCUT2D eigenvalue weighted by Crippen LogP contribution is 2.30. The van der Waals surface area contributed by atoms with Crippen LogP contribution in [0.5, 0.6) is 5.75 Å². The number of amides is 1. The molecule has 0 unspecified atom stereocenters. The van der Waals surface area contributed by atoms with Gasteiger partial charge in [0.2, 0.25) is 12.7 Å². The number of benzene rings is 1. The van der Waals surface area contributed by atoms with E-state index in [0.717, 1.165) is 6.42 Å². The van der Waals surface area contributed by atoms with Crippen molar-refractivity contribution >= 4 is 25.2 Å². The number of hydrogen-bond donors (Lipinski definition) is 2. The van der Waals surface area contributed by atoms with Gasteiger partial charge in [0.1, 0.15) is 11.3 Å². The molecule has 1 aliphatic rings. The van der Waals surface area contributed by atoms with Crippen LogP contribution in [0.2, 0.25) is 0 Å². The molecule has 1 aromatic carbocycles. The molecule has 2 rings (SSSR count). The zero-order valence-corrected chi connectivity index (χ0v) is 15.9. The lowest BCUT2D eigenvalue weighted by molar-refractivity contribution is -0.121. The molecule has 9 nitrogen and oxygen atoms in total. The van der Waals surface area contributed by atoms with Crippen LogP contribution in [0, 0.1) is 0 Å². The molecule has 1 aliphatic heterocycles. The van der Waals surface area contributed by atoms with Gasteiger partial charge in [-0.15, -0.1) is 0 Å². The van der Waals surface area contributed by atoms with Crippen LogP contribution in [0.1, 0.15) is 49.0 Å². The summed E-state index contributed by atoms with van der Waals surface area (Å²) in [5.74, 6) is -1.43. The van der Waals surface area contributed by atoms with Crippen molar-refractivity contribution in [3.05, 3.63) is 29.3 Å². The summed E-state index contributed by atoms with van der Waals surface area (Å²) in [5.41, 5.74) is 0.723. The molecule has 0 spiro atoms. The predicted octanol–water partition coefficient (Wildman–Crippen LogP) is 1.60. The number of carbonyl (C=O) groups is 3. The van der Waals surface area contributed by atoms with Crippen LogP contribution < -0.4 is 9.97 Å². The molecule has 10 heteroatoms. The minimum Gasteiger partial charge on any atom is -0.534 e. The fraction of sp³-hybridized carbons (Fsp3) is 0.500. The first-order valence-electron chi connectivity index (χ1n) is 9.18. The topological polar surface area (TPSA) is 120 Å². The molecule has 0 bridgehead atoms. The molecule has 0 fully saturated rings. The molecule has 1 atom stereocenters. The minimum absolute atomic E-state index is 0.0831. The fourth-order valence-corrected chi connectivity index (χ4v) is 2.57. The van der Waals surface area contributed by atoms with Crippen LogP contribution in [0.25, 0.3) is 0 Å². The molecule has 28 heavy (non-hydrogen) atoms. The van der Waals surface area contributed by atoms with E-state index in [-0.39, 0.29) is 30.2 Å². The van der Waals surface area contributed by atoms with E-state index in [9.17, 15) is 19.4 Å². The SMILES string of the molecule is CCCCOC(=O)OCOC(=O)c1cccc2c1OB(O)[C@@H](NC(=O)CC)C2. The maximum Gasteiger partial charge on any atom is 0.547 e. The van der Waals surface area contributed by atoms with Crippen molar-refractivity contribution in [2.45, 2.75) is 45.5 Å². The number of unbranched alkanes of at least 4 members (excludes halogenated alkanes) is 1. The summed E-state index contributed by atoms with van der Waals surface area (Å²) in [6.07, 6.45) is 1.24. The highest BCUT2D eigenvalue weighted by Gasteiger charge is 2.37. The van der Waals surface area contributed by atoms with Crippen molar-refractivity contribution < 1.29 is 38.3 Å². The molecule has 152 valence electrons. The maximum absolute atomic E-state index is 12.3. The van der Waals surface area contributed by atoms with E-state index in [1.807, 2.05) is 6.92 Å². The average Bonchev–Trinajstić information content (AvgIpc) is 2.68. The van der Waals surface area contributed by atoms with Crippen LogP contribution in [0.4, 0.5) is 4.79 Å². The van der Waals surface area contributed by atoms with Crippen LogP contribution in [0.15, 0.2) is 18.2 Å². The van der Waals surface area contributed by atoms with E-state index in [1.54, 1.807) is 19.1 Å². The summed E-state index contributed by atoms with van der Waals surface area (Å²) in [4.78, 5) is 35.2. The van der Waals surface area contributed by atoms with E-state index < -0.39 is 32.0 Å². The molecule has 1 amide bonds. The van der Waals surface area contributed by atoms with E-state index >= 15 is 0 Å². The Bertz CT molecular complexity index is 711. The third-order valence-corrected chi connectivity index (χ3v) is 4.09. The van der Waals surface area contributed by atoms with E-state index in [2.05, 4.69) is 10.1 Å². The third-order valence-electron chi connectivity index (χ3n) is 4.09. The highest BCUT2D eigenvalue weighted by atomic mass is 16.8. The Hall–Kier alpha value is -2.75. The van der Waals surface area contributed by atoms with Crippen molar-refractivity contribution in [3.8, 4) is 5.75 Å². The summed E-state index contributed by atoms with van der Waals surface area (Å²) < 4.78 is 19.8. The zero-order valence-electron chi connectivity index (χ0n) is 15.9. The van der Waals surface area contributed by atoms with E-state index in [4.69, 9.17) is 14.1 Å². The summed E-state index contributed by atoms with van der Waals surface area (Å²) in [5, 5.41) is 12.8. The van der Waals surface area contributed by atoms with Gasteiger partial charge in [0, 0.05) is 6.42 Å². The monoisotopic (exact) mass is 393 g/mol. The van der Waals surface area contributed by atoms with Gasteiger partial charge in [-0.05, 0) is 24.5 Å². The second-order valence-electron chi connectivity index (χ2n) is 6.18. The highest BCUT2D eigenvalue weighted by molar-refractivity contribution is 6.47. The first-order chi connectivity index (χ1) is 13.5. The Morgan fingerprint density at radius 3 is 2.75 bits per heavy atom. The van der Waals surface area contributed by atoms with E-state index in [0.29, 0.717) is 18.4 Å². The second-order valence-corrected chi connectivity index (χ2v) is 6.18. The standard InChI is InChI=1S/C18H24BNO8/c1-3-5-9-25-18(23)27-11-26-17(22)13-8-6-7-12-10-14(20-15(21)4-2)19(24)28-16(12)13/h6-8,14,24H,3-5,9-11H2,1-2H3,(H,20,21)/t14-/m0/s1. The van der Waals surface area contributed by atoms with Gasteiger partial charge >= 0.3 is 19.2 Å². The van der Waals surface area contributed by atoms with Crippen molar-refractivity contribution in [1.82, 2.24) is 5.32 Å². The first kappa shape index (κ1) is 21.6. The van der Waals surface area contributed by atoms with Crippen LogP contribution >= 0.6 is 0 Å². The second kappa shape index (κ2) is 10.6. The number of fused-ring (bicyclic) bond motifs is 1. The quantitative estimate of drug-likeness (QED) is 0.296. The summed E-state index contributed by atoms with van der Waals surface area (Å²) in [6, 6.07) is 4.83. The molecule has 0 saturated carbocycles. The normalized spacial score (nSPS) is 15.1. The Morgan fingerprint density at radius 2 is 2.04 bits per heavy atom. The first-order valence-corrected chi connectivity index (χ1v) is 9.18. The molecule has 0 saturated heterocycles. The largest absolute Gasteiger partial charge is 0.547 e. The van der Waals surface area contributed by atoms with Gasteiger partial charge in [-0.3, -0.25) is 4.79 Å².